The lowest BCUT2D eigenvalue weighted by atomic mass is 10.2. The quantitative estimate of drug-likeness (QED) is 0.614. The molecular weight excluding hydrogens is 400 g/mol. The Balaban J connectivity index is 1.78. The van der Waals surface area contributed by atoms with Gasteiger partial charge < -0.3 is 4.42 Å². The number of benzene rings is 2. The van der Waals surface area contributed by atoms with Gasteiger partial charge in [-0.25, -0.2) is 12.7 Å². The number of amides is 1. The standard InChI is InChI=1S/C18H18N4O4S2/c1-22(2)28(24,25)13-10-8-12(9-11-13)17-20-21-18(26-17)19-16(23)14-6-4-5-7-15(14)27-3/h4-11H,1-3H3,(H,19,21,23). The smallest absolute Gasteiger partial charge is 0.322 e. The lowest BCUT2D eigenvalue weighted by molar-refractivity contribution is 0.102. The van der Waals surface area contributed by atoms with Crippen LogP contribution in [0.2, 0.25) is 0 Å². The van der Waals surface area contributed by atoms with Crippen LogP contribution in [0, 0.1) is 0 Å². The molecular formula is C18H18N4O4S2. The summed E-state index contributed by atoms with van der Waals surface area (Å²) in [6.07, 6.45) is 1.89. The van der Waals surface area contributed by atoms with Gasteiger partial charge in [0.15, 0.2) is 0 Å². The van der Waals surface area contributed by atoms with Gasteiger partial charge >= 0.3 is 6.01 Å². The van der Waals surface area contributed by atoms with E-state index in [1.54, 1.807) is 24.3 Å². The number of anilines is 1. The van der Waals surface area contributed by atoms with E-state index in [-0.39, 0.29) is 22.7 Å². The van der Waals surface area contributed by atoms with Gasteiger partial charge in [-0.05, 0) is 42.7 Å². The molecule has 1 heterocycles. The highest BCUT2D eigenvalue weighted by atomic mass is 32.2. The third kappa shape index (κ3) is 4.08. The number of carbonyl (C=O) groups is 1. The molecule has 8 nitrogen and oxygen atoms in total. The number of carbonyl (C=O) groups excluding carboxylic acids is 1. The van der Waals surface area contributed by atoms with Crippen LogP contribution < -0.4 is 5.32 Å². The fourth-order valence-corrected chi connectivity index (χ4v) is 3.86. The molecule has 0 spiro atoms. The highest BCUT2D eigenvalue weighted by Crippen LogP contribution is 2.24. The number of hydrogen-bond acceptors (Lipinski definition) is 7. The first-order chi connectivity index (χ1) is 13.3. The number of sulfonamides is 1. The molecule has 1 N–H and O–H groups in total. The number of rotatable bonds is 6. The predicted octanol–water partition coefficient (Wildman–Crippen LogP) is 2.96. The maximum atomic E-state index is 12.4. The maximum Gasteiger partial charge on any atom is 0.322 e. The van der Waals surface area contributed by atoms with Crippen molar-refractivity contribution in [2.45, 2.75) is 9.79 Å². The van der Waals surface area contributed by atoms with Crippen LogP contribution in [0.25, 0.3) is 11.5 Å². The van der Waals surface area contributed by atoms with Crippen LogP contribution in [0.4, 0.5) is 6.01 Å². The van der Waals surface area contributed by atoms with Crippen LogP contribution in [0.15, 0.2) is 62.7 Å². The molecule has 0 atom stereocenters. The first-order valence-electron chi connectivity index (χ1n) is 8.14. The van der Waals surface area contributed by atoms with Gasteiger partial charge in [0.2, 0.25) is 15.9 Å². The van der Waals surface area contributed by atoms with E-state index in [9.17, 15) is 13.2 Å². The molecule has 3 aromatic rings. The van der Waals surface area contributed by atoms with E-state index in [4.69, 9.17) is 4.42 Å². The van der Waals surface area contributed by atoms with Crippen LogP contribution in [0.1, 0.15) is 10.4 Å². The summed E-state index contributed by atoms with van der Waals surface area (Å²) < 4.78 is 30.9. The third-order valence-electron chi connectivity index (χ3n) is 3.88. The minimum absolute atomic E-state index is 0.0408. The van der Waals surface area contributed by atoms with E-state index < -0.39 is 10.0 Å². The zero-order valence-corrected chi connectivity index (χ0v) is 17.0. The highest BCUT2D eigenvalue weighted by Gasteiger charge is 2.18. The molecule has 10 heteroatoms. The van der Waals surface area contributed by atoms with Crippen molar-refractivity contribution in [3.05, 3.63) is 54.1 Å². The van der Waals surface area contributed by atoms with Crippen LogP contribution in [0.5, 0.6) is 0 Å². The summed E-state index contributed by atoms with van der Waals surface area (Å²) in [6, 6.07) is 13.2. The van der Waals surface area contributed by atoms with Crippen molar-refractivity contribution in [3.8, 4) is 11.5 Å². The van der Waals surface area contributed by atoms with Gasteiger partial charge in [0.1, 0.15) is 0 Å². The largest absolute Gasteiger partial charge is 0.403 e. The van der Waals surface area contributed by atoms with Crippen molar-refractivity contribution in [3.63, 3.8) is 0 Å². The summed E-state index contributed by atoms with van der Waals surface area (Å²) >= 11 is 1.46. The zero-order chi connectivity index (χ0) is 20.3. The molecule has 3 rings (SSSR count). The molecule has 0 bridgehead atoms. The Labute approximate surface area is 167 Å². The minimum atomic E-state index is -3.52. The van der Waals surface area contributed by atoms with Gasteiger partial charge in [-0.2, -0.15) is 0 Å². The summed E-state index contributed by atoms with van der Waals surface area (Å²) in [4.78, 5) is 13.4. The topological polar surface area (TPSA) is 105 Å². The molecule has 0 radical (unpaired) electrons. The Bertz CT molecular complexity index is 1090. The molecule has 0 saturated carbocycles. The summed E-state index contributed by atoms with van der Waals surface area (Å²) in [5.74, 6) is -0.185. The van der Waals surface area contributed by atoms with Crippen molar-refractivity contribution >= 4 is 33.7 Å². The van der Waals surface area contributed by atoms with Crippen LogP contribution in [0.3, 0.4) is 0 Å². The van der Waals surface area contributed by atoms with E-state index in [0.29, 0.717) is 11.1 Å². The summed E-state index contributed by atoms with van der Waals surface area (Å²) in [5, 5.41) is 10.3. The summed E-state index contributed by atoms with van der Waals surface area (Å²) in [6.45, 7) is 0. The van der Waals surface area contributed by atoms with Crippen LogP contribution in [-0.2, 0) is 10.0 Å². The van der Waals surface area contributed by atoms with E-state index in [2.05, 4.69) is 15.5 Å². The molecule has 0 aliphatic heterocycles. The molecule has 0 unspecified atom stereocenters. The second-order valence-corrected chi connectivity index (χ2v) is 8.88. The number of nitrogens with one attached hydrogen (secondary N) is 1. The molecule has 0 saturated heterocycles. The lowest BCUT2D eigenvalue weighted by Crippen LogP contribution is -2.22. The monoisotopic (exact) mass is 418 g/mol. The van der Waals surface area contributed by atoms with Gasteiger partial charge in [-0.1, -0.05) is 17.2 Å². The summed E-state index contributed by atoms with van der Waals surface area (Å²) in [5.41, 5.74) is 1.04. The third-order valence-corrected chi connectivity index (χ3v) is 6.50. The lowest BCUT2D eigenvalue weighted by Gasteiger charge is -2.11. The van der Waals surface area contributed by atoms with Gasteiger partial charge in [0.05, 0.1) is 10.5 Å². The molecule has 0 aliphatic rings. The van der Waals surface area contributed by atoms with Crippen molar-refractivity contribution in [1.82, 2.24) is 14.5 Å². The Kier molecular flexibility index (Phi) is 5.82. The second-order valence-electron chi connectivity index (χ2n) is 5.88. The Morgan fingerprint density at radius 3 is 2.39 bits per heavy atom. The number of aromatic nitrogens is 2. The van der Waals surface area contributed by atoms with Crippen LogP contribution >= 0.6 is 11.8 Å². The molecule has 1 amide bonds. The second kappa shape index (κ2) is 8.13. The van der Waals surface area contributed by atoms with E-state index >= 15 is 0 Å². The Morgan fingerprint density at radius 2 is 1.75 bits per heavy atom. The fourth-order valence-electron chi connectivity index (χ4n) is 2.37. The Hall–Kier alpha value is -2.69. The van der Waals surface area contributed by atoms with Crippen LogP contribution in [-0.4, -0.2) is 49.2 Å². The van der Waals surface area contributed by atoms with E-state index in [1.165, 1.54) is 38.0 Å². The average molecular weight is 419 g/mol. The normalized spacial score (nSPS) is 11.6. The maximum absolute atomic E-state index is 12.4. The van der Waals surface area contributed by atoms with Crippen molar-refractivity contribution in [2.24, 2.45) is 0 Å². The first kappa shape index (κ1) is 20.1. The fraction of sp³-hybridized carbons (Fsp3) is 0.167. The SMILES string of the molecule is CSc1ccccc1C(=O)Nc1nnc(-c2ccc(S(=O)(=O)N(C)C)cc2)o1. The number of thioether (sulfide) groups is 1. The number of hydrogen-bond donors (Lipinski definition) is 1. The van der Waals surface area contributed by atoms with E-state index in [1.807, 2.05) is 18.4 Å². The molecule has 2 aromatic carbocycles. The Morgan fingerprint density at radius 1 is 1.07 bits per heavy atom. The van der Waals surface area contributed by atoms with Crippen molar-refractivity contribution in [1.29, 1.82) is 0 Å². The first-order valence-corrected chi connectivity index (χ1v) is 10.8. The highest BCUT2D eigenvalue weighted by molar-refractivity contribution is 7.98. The summed E-state index contributed by atoms with van der Waals surface area (Å²) in [7, 11) is -0.589. The molecule has 146 valence electrons. The minimum Gasteiger partial charge on any atom is -0.403 e. The van der Waals surface area contributed by atoms with Crippen molar-refractivity contribution < 1.29 is 17.6 Å². The number of nitrogens with zero attached hydrogens (tertiary/aromatic N) is 3. The van der Waals surface area contributed by atoms with Gasteiger partial charge in [0, 0.05) is 24.6 Å². The molecule has 1 aromatic heterocycles. The van der Waals surface area contributed by atoms with E-state index in [0.717, 1.165) is 9.20 Å². The van der Waals surface area contributed by atoms with Crippen molar-refractivity contribution in [2.75, 3.05) is 25.7 Å². The van der Waals surface area contributed by atoms with Gasteiger partial charge in [0.25, 0.3) is 5.91 Å². The molecule has 28 heavy (non-hydrogen) atoms. The zero-order valence-electron chi connectivity index (χ0n) is 15.4. The predicted molar refractivity (Wildman–Crippen MR) is 107 cm³/mol. The molecule has 0 aliphatic carbocycles. The van der Waals surface area contributed by atoms with Gasteiger partial charge in [-0.15, -0.1) is 16.9 Å². The average Bonchev–Trinajstić information content (AvgIpc) is 3.16. The molecule has 0 fully saturated rings. The van der Waals surface area contributed by atoms with Gasteiger partial charge in [-0.3, -0.25) is 10.1 Å².